The van der Waals surface area contributed by atoms with Crippen molar-refractivity contribution in [1.29, 1.82) is 0 Å². The van der Waals surface area contributed by atoms with Gasteiger partial charge in [0.25, 0.3) is 5.56 Å². The van der Waals surface area contributed by atoms with E-state index >= 15 is 0 Å². The van der Waals surface area contributed by atoms with Gasteiger partial charge >= 0.3 is 0 Å². The topological polar surface area (TPSA) is 70.7 Å². The number of hydrogen-bond acceptors (Lipinski definition) is 6. The van der Waals surface area contributed by atoms with Gasteiger partial charge in [-0.25, -0.2) is 4.98 Å². The summed E-state index contributed by atoms with van der Waals surface area (Å²) in [6.45, 7) is 6.44. The third-order valence-corrected chi connectivity index (χ3v) is 5.95. The highest BCUT2D eigenvalue weighted by Crippen LogP contribution is 2.29. The molecule has 2 aliphatic heterocycles. The maximum atomic E-state index is 12.8. The summed E-state index contributed by atoms with van der Waals surface area (Å²) in [5.74, 6) is 2.83. The molecule has 1 atom stereocenters. The number of H-pyrrole nitrogens is 1. The first-order chi connectivity index (χ1) is 14.1. The molecule has 0 spiro atoms. The zero-order chi connectivity index (χ0) is 20.4. The van der Waals surface area contributed by atoms with Crippen molar-refractivity contribution < 1.29 is 9.47 Å². The molecule has 2 aliphatic rings. The fourth-order valence-corrected chi connectivity index (χ4v) is 4.37. The molecule has 0 aliphatic carbocycles. The number of aromatic nitrogens is 2. The second-order valence-electron chi connectivity index (χ2n) is 8.16. The number of methoxy groups -OCH3 is 2. The van der Waals surface area contributed by atoms with Crippen LogP contribution < -0.4 is 19.9 Å². The molecule has 0 radical (unpaired) electrons. The Kier molecular flexibility index (Phi) is 5.76. The van der Waals surface area contributed by atoms with Crippen LogP contribution in [0, 0.1) is 5.92 Å². The molecule has 3 heterocycles. The number of aromatic amines is 1. The number of fused-ring (bicyclic) bond motifs is 1. The summed E-state index contributed by atoms with van der Waals surface area (Å²) in [6.07, 6.45) is 3.20. The van der Waals surface area contributed by atoms with Gasteiger partial charge in [-0.1, -0.05) is 13.0 Å². The SMILES string of the molecule is COc1ccc(CN2CCc3nc(N4CCCC(C)C4)[nH]c(=O)c3C2)cc1OC. The van der Waals surface area contributed by atoms with Crippen molar-refractivity contribution in [2.75, 3.05) is 38.8 Å². The van der Waals surface area contributed by atoms with Gasteiger partial charge in [0.15, 0.2) is 11.5 Å². The number of piperidine rings is 1. The predicted octanol–water partition coefficient (Wildman–Crippen LogP) is 2.58. The molecular formula is C22H30N4O3. The molecule has 1 saturated heterocycles. The minimum absolute atomic E-state index is 0.000220. The molecule has 7 nitrogen and oxygen atoms in total. The van der Waals surface area contributed by atoms with Crippen molar-refractivity contribution in [3.63, 3.8) is 0 Å². The fourth-order valence-electron chi connectivity index (χ4n) is 4.37. The smallest absolute Gasteiger partial charge is 0.257 e. The van der Waals surface area contributed by atoms with Crippen LogP contribution in [0.1, 0.15) is 36.6 Å². The van der Waals surface area contributed by atoms with E-state index in [4.69, 9.17) is 14.5 Å². The van der Waals surface area contributed by atoms with E-state index in [0.29, 0.717) is 12.5 Å². The average Bonchev–Trinajstić information content (AvgIpc) is 2.74. The molecular weight excluding hydrogens is 368 g/mol. The van der Waals surface area contributed by atoms with Crippen molar-refractivity contribution in [3.8, 4) is 11.5 Å². The van der Waals surface area contributed by atoms with Gasteiger partial charge in [0.05, 0.1) is 25.5 Å². The van der Waals surface area contributed by atoms with Crippen LogP contribution in [0.15, 0.2) is 23.0 Å². The second kappa shape index (κ2) is 8.45. The van der Waals surface area contributed by atoms with E-state index in [9.17, 15) is 4.79 Å². The Labute approximate surface area is 171 Å². The Morgan fingerprint density at radius 3 is 2.79 bits per heavy atom. The van der Waals surface area contributed by atoms with Crippen LogP contribution in [0.4, 0.5) is 5.95 Å². The van der Waals surface area contributed by atoms with Crippen LogP contribution in [0.25, 0.3) is 0 Å². The predicted molar refractivity (Wildman–Crippen MR) is 113 cm³/mol. The largest absolute Gasteiger partial charge is 0.493 e. The van der Waals surface area contributed by atoms with Gasteiger partial charge in [-0.05, 0) is 36.5 Å². The van der Waals surface area contributed by atoms with Gasteiger partial charge in [0.1, 0.15) is 0 Å². The first-order valence-corrected chi connectivity index (χ1v) is 10.4. The van der Waals surface area contributed by atoms with Gasteiger partial charge in [-0.3, -0.25) is 14.7 Å². The normalized spacial score (nSPS) is 19.7. The summed E-state index contributed by atoms with van der Waals surface area (Å²) in [7, 11) is 3.28. The van der Waals surface area contributed by atoms with E-state index in [1.807, 2.05) is 18.2 Å². The minimum atomic E-state index is 0.000220. The number of nitrogens with one attached hydrogen (secondary N) is 1. The van der Waals surface area contributed by atoms with Crippen molar-refractivity contribution >= 4 is 5.95 Å². The third-order valence-electron chi connectivity index (χ3n) is 5.95. The summed E-state index contributed by atoms with van der Waals surface area (Å²) < 4.78 is 10.7. The summed E-state index contributed by atoms with van der Waals surface area (Å²) >= 11 is 0. The molecule has 0 saturated carbocycles. The lowest BCUT2D eigenvalue weighted by atomic mass is 10.0. The highest BCUT2D eigenvalue weighted by atomic mass is 16.5. The van der Waals surface area contributed by atoms with Crippen LogP contribution in [-0.4, -0.2) is 48.7 Å². The van der Waals surface area contributed by atoms with Crippen LogP contribution >= 0.6 is 0 Å². The molecule has 1 unspecified atom stereocenters. The van der Waals surface area contributed by atoms with E-state index in [1.165, 1.54) is 6.42 Å². The number of benzene rings is 1. The van der Waals surface area contributed by atoms with Crippen LogP contribution in [0.2, 0.25) is 0 Å². The fraction of sp³-hybridized carbons (Fsp3) is 0.545. The van der Waals surface area contributed by atoms with E-state index < -0.39 is 0 Å². The maximum Gasteiger partial charge on any atom is 0.257 e. The lowest BCUT2D eigenvalue weighted by Crippen LogP contribution is -2.39. The van der Waals surface area contributed by atoms with Crippen molar-refractivity contribution in [1.82, 2.24) is 14.9 Å². The Bertz CT molecular complexity index is 927. The molecule has 4 rings (SSSR count). The zero-order valence-corrected chi connectivity index (χ0v) is 17.5. The highest BCUT2D eigenvalue weighted by molar-refractivity contribution is 5.43. The van der Waals surface area contributed by atoms with Gasteiger partial charge in [0, 0.05) is 39.1 Å². The first-order valence-electron chi connectivity index (χ1n) is 10.4. The van der Waals surface area contributed by atoms with Crippen LogP contribution in [0.5, 0.6) is 11.5 Å². The average molecular weight is 399 g/mol. The monoisotopic (exact) mass is 398 g/mol. The molecule has 2 aromatic rings. The molecule has 7 heteroatoms. The van der Waals surface area contributed by atoms with E-state index in [2.05, 4.69) is 21.7 Å². The summed E-state index contributed by atoms with van der Waals surface area (Å²) in [6, 6.07) is 5.96. The standard InChI is InChI=1S/C22H30N4O3/c1-15-5-4-9-26(12-15)22-23-18-8-10-25(14-17(18)21(27)24-22)13-16-6-7-19(28-2)20(11-16)29-3/h6-7,11,15H,4-5,8-10,12-14H2,1-3H3,(H,23,24,27). The first kappa shape index (κ1) is 19.8. The van der Waals surface area contributed by atoms with Crippen molar-refractivity contribution in [2.24, 2.45) is 5.92 Å². The van der Waals surface area contributed by atoms with Crippen molar-refractivity contribution in [3.05, 3.63) is 45.4 Å². The highest BCUT2D eigenvalue weighted by Gasteiger charge is 2.24. The lowest BCUT2D eigenvalue weighted by molar-refractivity contribution is 0.241. The van der Waals surface area contributed by atoms with Crippen LogP contribution in [0.3, 0.4) is 0 Å². The number of rotatable bonds is 5. The van der Waals surface area contributed by atoms with Gasteiger partial charge in [-0.2, -0.15) is 0 Å². The minimum Gasteiger partial charge on any atom is -0.493 e. The molecule has 0 amide bonds. The Morgan fingerprint density at radius 1 is 1.21 bits per heavy atom. The molecule has 1 fully saturated rings. The van der Waals surface area contributed by atoms with E-state index in [1.54, 1.807) is 14.2 Å². The molecule has 156 valence electrons. The van der Waals surface area contributed by atoms with Crippen molar-refractivity contribution in [2.45, 2.75) is 39.3 Å². The summed E-state index contributed by atoms with van der Waals surface area (Å²) in [5, 5.41) is 0. The number of nitrogens with zero attached hydrogens (tertiary/aromatic N) is 3. The number of ether oxygens (including phenoxy) is 2. The van der Waals surface area contributed by atoms with E-state index in [0.717, 1.165) is 73.3 Å². The Morgan fingerprint density at radius 2 is 2.03 bits per heavy atom. The van der Waals surface area contributed by atoms with Gasteiger partial charge in [-0.15, -0.1) is 0 Å². The maximum absolute atomic E-state index is 12.8. The number of hydrogen-bond donors (Lipinski definition) is 1. The molecule has 0 bridgehead atoms. The lowest BCUT2D eigenvalue weighted by Gasteiger charge is -2.33. The summed E-state index contributed by atoms with van der Waals surface area (Å²) in [4.78, 5) is 25.2. The van der Waals surface area contributed by atoms with Gasteiger partial charge in [0.2, 0.25) is 5.95 Å². The molecule has 29 heavy (non-hydrogen) atoms. The molecule has 1 aromatic heterocycles. The van der Waals surface area contributed by atoms with Crippen LogP contribution in [-0.2, 0) is 19.5 Å². The Hall–Kier alpha value is -2.54. The zero-order valence-electron chi connectivity index (χ0n) is 17.5. The van der Waals surface area contributed by atoms with E-state index in [-0.39, 0.29) is 5.56 Å². The van der Waals surface area contributed by atoms with Gasteiger partial charge < -0.3 is 14.4 Å². The Balaban J connectivity index is 1.49. The quantitative estimate of drug-likeness (QED) is 0.835. The number of anilines is 1. The summed E-state index contributed by atoms with van der Waals surface area (Å²) in [5.41, 5.74) is 2.88. The molecule has 1 aromatic carbocycles. The second-order valence-corrected chi connectivity index (χ2v) is 8.16. The molecule has 1 N–H and O–H groups in total. The third kappa shape index (κ3) is 4.24.